The van der Waals surface area contributed by atoms with Crippen molar-refractivity contribution in [1.29, 1.82) is 0 Å². The van der Waals surface area contributed by atoms with Gasteiger partial charge in [0.2, 0.25) is 0 Å². The van der Waals surface area contributed by atoms with E-state index in [4.69, 9.17) is 5.73 Å². The minimum Gasteiger partial charge on any atom is -0.330 e. The summed E-state index contributed by atoms with van der Waals surface area (Å²) in [4.78, 5) is 6.69. The van der Waals surface area contributed by atoms with Crippen molar-refractivity contribution in [3.8, 4) is 0 Å². The second-order valence-electron chi connectivity index (χ2n) is 5.18. The van der Waals surface area contributed by atoms with Crippen LogP contribution in [0.15, 0.2) is 54.7 Å². The van der Waals surface area contributed by atoms with Crippen molar-refractivity contribution in [2.24, 2.45) is 5.73 Å². The summed E-state index contributed by atoms with van der Waals surface area (Å²) >= 11 is 0. The van der Waals surface area contributed by atoms with Gasteiger partial charge in [0.25, 0.3) is 0 Å². The van der Waals surface area contributed by atoms with Crippen LogP contribution >= 0.6 is 0 Å². The molecule has 2 N–H and O–H groups in total. The molecule has 0 aliphatic carbocycles. The Labute approximate surface area is 121 Å². The molecule has 1 aromatic carbocycles. The fourth-order valence-corrected chi connectivity index (χ4v) is 2.36. The molecule has 3 heteroatoms. The minimum atomic E-state index is 0.393. The van der Waals surface area contributed by atoms with E-state index in [9.17, 15) is 0 Å². The Morgan fingerprint density at radius 3 is 2.50 bits per heavy atom. The van der Waals surface area contributed by atoms with E-state index < -0.39 is 0 Å². The molecule has 0 saturated carbocycles. The van der Waals surface area contributed by atoms with Crippen LogP contribution in [0, 0.1) is 0 Å². The van der Waals surface area contributed by atoms with Crippen LogP contribution in [0.25, 0.3) is 0 Å². The summed E-state index contributed by atoms with van der Waals surface area (Å²) in [7, 11) is 2.15. The lowest BCUT2D eigenvalue weighted by molar-refractivity contribution is 0.315. The molecule has 2 aromatic rings. The Kier molecular flexibility index (Phi) is 5.71. The van der Waals surface area contributed by atoms with Crippen molar-refractivity contribution in [1.82, 2.24) is 9.88 Å². The number of hydrogen-bond acceptors (Lipinski definition) is 3. The largest absolute Gasteiger partial charge is 0.330 e. The number of likely N-dealkylation sites (N-methyl/N-ethyl adjacent to an activating group) is 1. The highest BCUT2D eigenvalue weighted by molar-refractivity contribution is 5.20. The van der Waals surface area contributed by atoms with Gasteiger partial charge in [-0.2, -0.15) is 0 Å². The van der Waals surface area contributed by atoms with Gasteiger partial charge in [-0.1, -0.05) is 36.4 Å². The van der Waals surface area contributed by atoms with Crippen LogP contribution in [0.3, 0.4) is 0 Å². The lowest BCUT2D eigenvalue weighted by atomic mass is 9.99. The van der Waals surface area contributed by atoms with Gasteiger partial charge in [-0.25, -0.2) is 0 Å². The van der Waals surface area contributed by atoms with Gasteiger partial charge in [0.15, 0.2) is 0 Å². The van der Waals surface area contributed by atoms with Crippen molar-refractivity contribution in [3.05, 3.63) is 66.0 Å². The maximum Gasteiger partial charge on any atom is 0.0416 e. The minimum absolute atomic E-state index is 0.393. The summed E-state index contributed by atoms with van der Waals surface area (Å²) in [5, 5.41) is 0. The highest BCUT2D eigenvalue weighted by atomic mass is 15.1. The number of nitrogens with two attached hydrogens (primary N) is 1. The molecule has 0 spiro atoms. The third-order valence-corrected chi connectivity index (χ3v) is 3.56. The summed E-state index contributed by atoms with van der Waals surface area (Å²) < 4.78 is 0. The highest BCUT2D eigenvalue weighted by Gasteiger charge is 2.12. The van der Waals surface area contributed by atoms with Crippen molar-refractivity contribution in [2.75, 3.05) is 26.7 Å². The van der Waals surface area contributed by atoms with E-state index in [1.54, 1.807) is 0 Å². The average molecular weight is 269 g/mol. The van der Waals surface area contributed by atoms with Crippen LogP contribution in [0.2, 0.25) is 0 Å². The summed E-state index contributed by atoms with van der Waals surface area (Å²) in [6, 6.07) is 16.6. The SMILES string of the molecule is CN(CCc1ccccn1)CC(CN)c1ccccc1. The summed E-state index contributed by atoms with van der Waals surface area (Å²) in [6.07, 6.45) is 2.82. The van der Waals surface area contributed by atoms with Gasteiger partial charge in [0, 0.05) is 43.9 Å². The number of nitrogens with zero attached hydrogens (tertiary/aromatic N) is 2. The van der Waals surface area contributed by atoms with Crippen molar-refractivity contribution < 1.29 is 0 Å². The molecule has 0 radical (unpaired) electrons. The predicted molar refractivity (Wildman–Crippen MR) is 83.7 cm³/mol. The van der Waals surface area contributed by atoms with Gasteiger partial charge in [-0.15, -0.1) is 0 Å². The maximum absolute atomic E-state index is 5.92. The summed E-state index contributed by atoms with van der Waals surface area (Å²) in [5.41, 5.74) is 8.38. The molecular weight excluding hydrogens is 246 g/mol. The summed E-state index contributed by atoms with van der Waals surface area (Å²) in [5.74, 6) is 0.393. The standard InChI is InChI=1S/C17H23N3/c1-20(12-10-17-9-5-6-11-19-17)14-16(13-18)15-7-3-2-4-8-15/h2-9,11,16H,10,12-14,18H2,1H3. The first kappa shape index (κ1) is 14.7. The zero-order valence-corrected chi connectivity index (χ0v) is 12.1. The molecule has 106 valence electrons. The second kappa shape index (κ2) is 7.78. The van der Waals surface area contributed by atoms with E-state index in [2.05, 4.69) is 47.3 Å². The van der Waals surface area contributed by atoms with E-state index in [-0.39, 0.29) is 0 Å². The highest BCUT2D eigenvalue weighted by Crippen LogP contribution is 2.15. The second-order valence-corrected chi connectivity index (χ2v) is 5.18. The van der Waals surface area contributed by atoms with E-state index in [1.807, 2.05) is 24.4 Å². The molecule has 0 aliphatic heterocycles. The van der Waals surface area contributed by atoms with E-state index in [0.717, 1.165) is 25.2 Å². The van der Waals surface area contributed by atoms with Crippen LogP contribution in [0.5, 0.6) is 0 Å². The number of benzene rings is 1. The molecular formula is C17H23N3. The molecule has 3 nitrogen and oxygen atoms in total. The first-order chi connectivity index (χ1) is 9.79. The van der Waals surface area contributed by atoms with Crippen LogP contribution in [-0.4, -0.2) is 36.6 Å². The van der Waals surface area contributed by atoms with Crippen LogP contribution in [-0.2, 0) is 6.42 Å². The fraction of sp³-hybridized carbons (Fsp3) is 0.353. The van der Waals surface area contributed by atoms with Gasteiger partial charge in [0.1, 0.15) is 0 Å². The first-order valence-electron chi connectivity index (χ1n) is 7.13. The first-order valence-corrected chi connectivity index (χ1v) is 7.13. The molecule has 20 heavy (non-hydrogen) atoms. The molecule has 0 fully saturated rings. The molecule has 0 amide bonds. The van der Waals surface area contributed by atoms with Gasteiger partial charge in [-0.05, 0) is 24.7 Å². The van der Waals surface area contributed by atoms with Crippen LogP contribution in [0.1, 0.15) is 17.2 Å². The number of hydrogen-bond donors (Lipinski definition) is 1. The van der Waals surface area contributed by atoms with Gasteiger partial charge in [0.05, 0.1) is 0 Å². The fourth-order valence-electron chi connectivity index (χ4n) is 2.36. The molecule has 0 bridgehead atoms. The molecule has 0 saturated heterocycles. The van der Waals surface area contributed by atoms with Gasteiger partial charge < -0.3 is 10.6 Å². The Hall–Kier alpha value is -1.71. The molecule has 1 unspecified atom stereocenters. The van der Waals surface area contributed by atoms with Crippen molar-refractivity contribution in [2.45, 2.75) is 12.3 Å². The van der Waals surface area contributed by atoms with E-state index in [0.29, 0.717) is 12.5 Å². The van der Waals surface area contributed by atoms with E-state index >= 15 is 0 Å². The van der Waals surface area contributed by atoms with Gasteiger partial charge in [-0.3, -0.25) is 4.98 Å². The lowest BCUT2D eigenvalue weighted by Crippen LogP contribution is -2.30. The topological polar surface area (TPSA) is 42.2 Å². The van der Waals surface area contributed by atoms with E-state index in [1.165, 1.54) is 5.56 Å². The zero-order chi connectivity index (χ0) is 14.2. The third-order valence-electron chi connectivity index (χ3n) is 3.56. The normalized spacial score (nSPS) is 12.6. The lowest BCUT2D eigenvalue weighted by Gasteiger charge is -2.23. The smallest absolute Gasteiger partial charge is 0.0416 e. The van der Waals surface area contributed by atoms with Crippen LogP contribution in [0.4, 0.5) is 0 Å². The molecule has 0 aliphatic rings. The van der Waals surface area contributed by atoms with Crippen molar-refractivity contribution >= 4 is 0 Å². The summed E-state index contributed by atoms with van der Waals surface area (Å²) in [6.45, 7) is 2.66. The third kappa shape index (κ3) is 4.44. The monoisotopic (exact) mass is 269 g/mol. The average Bonchev–Trinajstić information content (AvgIpc) is 2.52. The quantitative estimate of drug-likeness (QED) is 0.838. The number of rotatable bonds is 7. The Bertz CT molecular complexity index is 484. The number of pyridine rings is 1. The Morgan fingerprint density at radius 1 is 1.10 bits per heavy atom. The molecule has 2 rings (SSSR count). The number of aromatic nitrogens is 1. The predicted octanol–water partition coefficient (Wildman–Crippen LogP) is 2.30. The molecule has 1 aromatic heterocycles. The Balaban J connectivity index is 1.85. The van der Waals surface area contributed by atoms with Gasteiger partial charge >= 0.3 is 0 Å². The Morgan fingerprint density at radius 2 is 1.85 bits per heavy atom. The maximum atomic E-state index is 5.92. The van der Waals surface area contributed by atoms with Crippen molar-refractivity contribution in [3.63, 3.8) is 0 Å². The zero-order valence-electron chi connectivity index (χ0n) is 12.1. The molecule has 1 atom stereocenters. The van der Waals surface area contributed by atoms with Crippen LogP contribution < -0.4 is 5.73 Å². The molecule has 1 heterocycles.